The molecule has 0 radical (unpaired) electrons. The molecule has 6 rings (SSSR count). The Balaban J connectivity index is 1.70. The van der Waals surface area contributed by atoms with Crippen LogP contribution in [0.25, 0.3) is 11.1 Å². The molecular formula is C39H47N2O4+. The molecule has 0 amide bonds. The topological polar surface area (TPSA) is 51.0 Å². The van der Waals surface area contributed by atoms with Gasteiger partial charge in [-0.2, -0.15) is 0 Å². The Labute approximate surface area is 267 Å². The molecule has 0 aliphatic carbocycles. The summed E-state index contributed by atoms with van der Waals surface area (Å²) in [5.74, 6) is 1.62. The summed E-state index contributed by atoms with van der Waals surface area (Å²) in [7, 11) is 1.61. The average Bonchev–Trinajstić information content (AvgIpc) is 2.98. The minimum atomic E-state index is -0.358. The molecule has 0 saturated heterocycles. The van der Waals surface area contributed by atoms with Crippen molar-refractivity contribution in [1.82, 2.24) is 4.58 Å². The van der Waals surface area contributed by atoms with Gasteiger partial charge in [0.2, 0.25) is 5.36 Å². The third kappa shape index (κ3) is 5.17. The molecule has 236 valence electrons. The maximum atomic E-state index is 13.5. The summed E-state index contributed by atoms with van der Waals surface area (Å²) in [4.78, 5) is 16.0. The van der Waals surface area contributed by atoms with E-state index in [1.54, 1.807) is 7.11 Å². The highest BCUT2D eigenvalue weighted by molar-refractivity contribution is 5.99. The lowest BCUT2D eigenvalue weighted by Crippen LogP contribution is -2.49. The van der Waals surface area contributed by atoms with Crippen LogP contribution in [-0.2, 0) is 9.47 Å². The first kappa shape index (κ1) is 31.1. The van der Waals surface area contributed by atoms with Crippen LogP contribution in [0, 0.1) is 0 Å². The second-order valence-corrected chi connectivity index (χ2v) is 13.8. The third-order valence-electron chi connectivity index (χ3n) is 9.89. The van der Waals surface area contributed by atoms with E-state index >= 15 is 0 Å². The predicted octanol–water partition coefficient (Wildman–Crippen LogP) is 6.66. The number of allylic oxidation sites excluding steroid dienone is 1. The van der Waals surface area contributed by atoms with Gasteiger partial charge in [0.25, 0.3) is 0 Å². The van der Waals surface area contributed by atoms with E-state index in [2.05, 4.69) is 95.2 Å². The van der Waals surface area contributed by atoms with Crippen molar-refractivity contribution in [2.24, 2.45) is 0 Å². The Morgan fingerprint density at radius 3 is 2.47 bits per heavy atom. The molecule has 0 saturated carbocycles. The van der Waals surface area contributed by atoms with E-state index in [9.17, 15) is 4.79 Å². The highest BCUT2D eigenvalue weighted by Crippen LogP contribution is 2.49. The Morgan fingerprint density at radius 2 is 1.76 bits per heavy atom. The second-order valence-electron chi connectivity index (χ2n) is 13.8. The van der Waals surface area contributed by atoms with Gasteiger partial charge in [-0.3, -0.25) is 0 Å². The lowest BCUT2D eigenvalue weighted by atomic mass is 9.78. The van der Waals surface area contributed by atoms with Crippen LogP contribution < -0.4 is 24.8 Å². The number of fused-ring (bicyclic) bond motifs is 4. The molecule has 1 atom stereocenters. The van der Waals surface area contributed by atoms with Gasteiger partial charge in [-0.15, -0.1) is 0 Å². The lowest BCUT2D eigenvalue weighted by molar-refractivity contribution is 0.0387. The minimum Gasteiger partial charge on any atom is -0.460 e. The number of carbonyl (C=O) groups excluding carboxylic acids is 1. The van der Waals surface area contributed by atoms with Crippen molar-refractivity contribution in [2.45, 2.75) is 78.8 Å². The monoisotopic (exact) mass is 607 g/mol. The molecule has 3 aliphatic heterocycles. The quantitative estimate of drug-likeness (QED) is 0.134. The summed E-state index contributed by atoms with van der Waals surface area (Å²) < 4.78 is 20.2. The fourth-order valence-electron chi connectivity index (χ4n) is 8.08. The minimum absolute atomic E-state index is 0.0310. The second kappa shape index (κ2) is 11.5. The maximum absolute atomic E-state index is 13.5. The SMILES string of the molecule is CCN1c2cc3c(cc2C(C)CC1(C)C)C(c1ccccc1C(=O)OCCOC)=c1cc2c(cc1O3)=[N+](CC)C(C)(C)C=C2C. The van der Waals surface area contributed by atoms with Crippen LogP contribution >= 0.6 is 0 Å². The molecular weight excluding hydrogens is 560 g/mol. The molecule has 0 spiro atoms. The van der Waals surface area contributed by atoms with Gasteiger partial charge in [0.15, 0.2) is 5.54 Å². The fraction of sp³-hybridized carbons (Fsp3) is 0.436. The summed E-state index contributed by atoms with van der Waals surface area (Å²) in [5.41, 5.74) is 8.24. The predicted molar refractivity (Wildman–Crippen MR) is 182 cm³/mol. The van der Waals surface area contributed by atoms with Gasteiger partial charge in [-0.05, 0) is 87.9 Å². The van der Waals surface area contributed by atoms with Crippen LogP contribution in [0.4, 0.5) is 5.69 Å². The van der Waals surface area contributed by atoms with Crippen molar-refractivity contribution in [3.63, 3.8) is 0 Å². The van der Waals surface area contributed by atoms with Gasteiger partial charge >= 0.3 is 5.97 Å². The highest BCUT2D eigenvalue weighted by Gasteiger charge is 2.38. The van der Waals surface area contributed by atoms with Gasteiger partial charge in [0.1, 0.15) is 24.7 Å². The standard InChI is InChI=1S/C39H47N2O4/c1-10-40-32-20-34-30(18-28(32)24(3)22-38(40,5)6)36(26-14-12-13-15-27(26)37(42)44-17-16-43-9)31-19-29-25(4)23-39(7,8)41(11-2)33(29)21-35(31)45-34/h12-15,18-22,25H,10-11,16-17,23H2,1-9H3/q+1. The fourth-order valence-corrected chi connectivity index (χ4v) is 8.08. The van der Waals surface area contributed by atoms with Crippen LogP contribution in [0.2, 0.25) is 0 Å². The maximum Gasteiger partial charge on any atom is 0.338 e. The first-order valence-corrected chi connectivity index (χ1v) is 16.3. The first-order valence-electron chi connectivity index (χ1n) is 16.3. The van der Waals surface area contributed by atoms with Gasteiger partial charge in [0.05, 0.1) is 18.2 Å². The first-order chi connectivity index (χ1) is 21.4. The van der Waals surface area contributed by atoms with Gasteiger partial charge in [0, 0.05) is 66.7 Å². The van der Waals surface area contributed by atoms with E-state index in [4.69, 9.17) is 14.2 Å². The molecule has 0 fully saturated rings. The van der Waals surface area contributed by atoms with Crippen molar-refractivity contribution in [3.8, 4) is 11.5 Å². The summed E-state index contributed by atoms with van der Waals surface area (Å²) in [6.07, 6.45) is 3.41. The van der Waals surface area contributed by atoms with E-state index in [1.165, 1.54) is 27.7 Å². The van der Waals surface area contributed by atoms with Crippen molar-refractivity contribution in [2.75, 3.05) is 38.3 Å². The Hall–Kier alpha value is -3.90. The molecule has 6 heteroatoms. The van der Waals surface area contributed by atoms with E-state index in [0.717, 1.165) is 52.9 Å². The third-order valence-corrected chi connectivity index (χ3v) is 9.89. The van der Waals surface area contributed by atoms with Gasteiger partial charge in [-0.1, -0.05) is 25.1 Å². The number of methoxy groups -OCH3 is 1. The number of carbonyl (C=O) groups is 1. The Kier molecular flexibility index (Phi) is 7.93. The van der Waals surface area contributed by atoms with Crippen molar-refractivity contribution >= 4 is 22.8 Å². The number of rotatable bonds is 7. The van der Waals surface area contributed by atoms with Crippen molar-refractivity contribution in [3.05, 3.63) is 93.0 Å². The van der Waals surface area contributed by atoms with Crippen LogP contribution in [0.5, 0.6) is 11.5 Å². The average molecular weight is 608 g/mol. The van der Waals surface area contributed by atoms with Gasteiger partial charge in [-0.25, -0.2) is 9.37 Å². The molecule has 6 nitrogen and oxygen atoms in total. The summed E-state index contributed by atoms with van der Waals surface area (Å²) in [5, 5.41) is 2.15. The molecule has 3 aromatic carbocycles. The Morgan fingerprint density at radius 1 is 1.00 bits per heavy atom. The number of benzene rings is 3. The molecule has 3 aliphatic rings. The highest BCUT2D eigenvalue weighted by atomic mass is 16.6. The molecule has 1 unspecified atom stereocenters. The van der Waals surface area contributed by atoms with Crippen LogP contribution in [-0.4, -0.2) is 50.5 Å². The number of ether oxygens (including phenoxy) is 3. The number of esters is 1. The normalized spacial score (nSPS) is 19.1. The number of hydrogen-bond donors (Lipinski definition) is 0. The van der Waals surface area contributed by atoms with Crippen LogP contribution in [0.1, 0.15) is 100 Å². The zero-order valence-corrected chi connectivity index (χ0v) is 28.3. The smallest absolute Gasteiger partial charge is 0.338 e. The molecule has 0 aromatic heterocycles. The molecule has 3 aromatic rings. The summed E-state index contributed by atoms with van der Waals surface area (Å²) in [6, 6.07) is 16.8. The molecule has 0 N–H and O–H groups in total. The van der Waals surface area contributed by atoms with E-state index in [1.807, 2.05) is 24.3 Å². The number of anilines is 1. The number of hydrogen-bond acceptors (Lipinski definition) is 5. The molecule has 45 heavy (non-hydrogen) atoms. The van der Waals surface area contributed by atoms with Gasteiger partial charge < -0.3 is 19.1 Å². The number of nitrogens with zero attached hydrogens (tertiary/aromatic N) is 2. The van der Waals surface area contributed by atoms with Crippen LogP contribution in [0.15, 0.2) is 54.6 Å². The van der Waals surface area contributed by atoms with E-state index in [0.29, 0.717) is 18.1 Å². The van der Waals surface area contributed by atoms with Crippen molar-refractivity contribution in [1.29, 1.82) is 0 Å². The zero-order valence-electron chi connectivity index (χ0n) is 28.3. The largest absolute Gasteiger partial charge is 0.460 e. The summed E-state index contributed by atoms with van der Waals surface area (Å²) >= 11 is 0. The van der Waals surface area contributed by atoms with Crippen LogP contribution in [0.3, 0.4) is 0 Å². The molecule has 0 bridgehead atoms. The van der Waals surface area contributed by atoms with Crippen molar-refractivity contribution < 1.29 is 19.0 Å². The number of likely N-dealkylation sites (N-methyl/N-ethyl adjacent to an activating group) is 1. The van der Waals surface area contributed by atoms with E-state index < -0.39 is 0 Å². The zero-order chi connectivity index (χ0) is 32.3. The molecule has 3 heterocycles. The van der Waals surface area contributed by atoms with E-state index in [-0.39, 0.29) is 23.7 Å². The Bertz CT molecular complexity index is 1850. The summed E-state index contributed by atoms with van der Waals surface area (Å²) in [6.45, 7) is 20.5. The lowest BCUT2D eigenvalue weighted by Gasteiger charge is -2.47.